The first-order valence-corrected chi connectivity index (χ1v) is 5.80. The molecule has 6 heteroatoms. The first-order chi connectivity index (χ1) is 7.88. The maximum Gasteiger partial charge on any atom is 0.102 e. The van der Waals surface area contributed by atoms with Crippen LogP contribution in [0.5, 0.6) is 0 Å². The van der Waals surface area contributed by atoms with Gasteiger partial charge in [-0.25, -0.2) is 4.68 Å². The highest BCUT2D eigenvalue weighted by atomic mass is 35.5. The van der Waals surface area contributed by atoms with Crippen LogP contribution in [0.2, 0.25) is 10.0 Å². The van der Waals surface area contributed by atoms with Crippen molar-refractivity contribution in [2.45, 2.75) is 19.4 Å². The molecule has 0 saturated carbocycles. The third-order valence-electron chi connectivity index (χ3n) is 2.31. The molecule has 0 aliphatic rings. The van der Waals surface area contributed by atoms with Crippen molar-refractivity contribution < 1.29 is 0 Å². The minimum Gasteiger partial charge on any atom is -0.320 e. The largest absolute Gasteiger partial charge is 0.320 e. The highest BCUT2D eigenvalue weighted by Crippen LogP contribution is 2.24. The quantitative estimate of drug-likeness (QED) is 0.913. The lowest BCUT2D eigenvalue weighted by Crippen LogP contribution is -2.29. The molecule has 2 N–H and O–H groups in total. The van der Waals surface area contributed by atoms with Crippen molar-refractivity contribution in [3.8, 4) is 5.69 Å². The molecule has 0 aliphatic carbocycles. The van der Waals surface area contributed by atoms with E-state index < -0.39 is 5.54 Å². The summed E-state index contributed by atoms with van der Waals surface area (Å²) in [5, 5.41) is 9.17. The van der Waals surface area contributed by atoms with E-state index in [1.807, 2.05) is 13.8 Å². The lowest BCUT2D eigenvalue weighted by Gasteiger charge is -2.13. The Morgan fingerprint density at radius 3 is 2.59 bits per heavy atom. The Balaban J connectivity index is 2.47. The van der Waals surface area contributed by atoms with Crippen LogP contribution in [-0.4, -0.2) is 15.0 Å². The third kappa shape index (κ3) is 2.60. The van der Waals surface area contributed by atoms with Gasteiger partial charge in [0.05, 0.1) is 22.4 Å². The zero-order chi connectivity index (χ0) is 12.6. The van der Waals surface area contributed by atoms with E-state index in [9.17, 15) is 0 Å². The van der Waals surface area contributed by atoms with Crippen molar-refractivity contribution in [1.82, 2.24) is 15.0 Å². The minimum atomic E-state index is -0.538. The van der Waals surface area contributed by atoms with Crippen LogP contribution in [0.1, 0.15) is 19.5 Å². The van der Waals surface area contributed by atoms with Gasteiger partial charge in [-0.3, -0.25) is 0 Å². The number of hydrogen-bond acceptors (Lipinski definition) is 3. The number of nitrogens with zero attached hydrogens (tertiary/aromatic N) is 3. The van der Waals surface area contributed by atoms with Gasteiger partial charge in [-0.1, -0.05) is 28.4 Å². The van der Waals surface area contributed by atoms with E-state index in [0.29, 0.717) is 21.4 Å². The molecule has 2 aromatic rings. The lowest BCUT2D eigenvalue weighted by molar-refractivity contribution is 0.533. The van der Waals surface area contributed by atoms with Crippen LogP contribution in [0.15, 0.2) is 24.4 Å². The van der Waals surface area contributed by atoms with E-state index in [1.165, 1.54) is 0 Å². The molecule has 0 bridgehead atoms. The molecule has 90 valence electrons. The second-order valence-electron chi connectivity index (χ2n) is 4.37. The normalized spacial score (nSPS) is 11.8. The van der Waals surface area contributed by atoms with Crippen LogP contribution in [0.25, 0.3) is 5.69 Å². The maximum absolute atomic E-state index is 6.08. The Morgan fingerprint density at radius 1 is 1.29 bits per heavy atom. The van der Waals surface area contributed by atoms with Crippen molar-refractivity contribution in [3.05, 3.63) is 40.1 Å². The standard InChI is InChI=1S/C11H12Cl2N4/c1-11(2,14)10-6-17(16-15-10)9-5-7(12)3-4-8(9)13/h3-6H,14H2,1-2H3. The molecule has 1 heterocycles. The summed E-state index contributed by atoms with van der Waals surface area (Å²) in [5.74, 6) is 0. The number of halogens is 2. The molecule has 0 radical (unpaired) electrons. The zero-order valence-corrected chi connectivity index (χ0v) is 11.0. The molecule has 0 unspecified atom stereocenters. The average molecular weight is 271 g/mol. The number of benzene rings is 1. The molecule has 0 amide bonds. The Hall–Kier alpha value is -1.10. The lowest BCUT2D eigenvalue weighted by atomic mass is 10.0. The molecule has 0 fully saturated rings. The van der Waals surface area contributed by atoms with E-state index in [4.69, 9.17) is 28.9 Å². The topological polar surface area (TPSA) is 56.7 Å². The van der Waals surface area contributed by atoms with Gasteiger partial charge in [0.15, 0.2) is 0 Å². The monoisotopic (exact) mass is 270 g/mol. The maximum atomic E-state index is 6.08. The molecule has 0 spiro atoms. The van der Waals surface area contributed by atoms with Crippen LogP contribution in [0, 0.1) is 0 Å². The summed E-state index contributed by atoms with van der Waals surface area (Å²) in [4.78, 5) is 0. The van der Waals surface area contributed by atoms with E-state index in [-0.39, 0.29) is 0 Å². The SMILES string of the molecule is CC(C)(N)c1cn(-c2cc(Cl)ccc2Cl)nn1. The second-order valence-corrected chi connectivity index (χ2v) is 5.21. The summed E-state index contributed by atoms with van der Waals surface area (Å²) in [7, 11) is 0. The summed E-state index contributed by atoms with van der Waals surface area (Å²) in [6.45, 7) is 3.72. The van der Waals surface area contributed by atoms with Gasteiger partial charge in [-0.05, 0) is 32.0 Å². The molecular weight excluding hydrogens is 259 g/mol. The van der Waals surface area contributed by atoms with Crippen LogP contribution >= 0.6 is 23.2 Å². The number of aromatic nitrogens is 3. The predicted molar refractivity (Wildman–Crippen MR) is 68.6 cm³/mol. The molecule has 1 aromatic carbocycles. The molecule has 2 rings (SSSR count). The molecule has 1 aromatic heterocycles. The van der Waals surface area contributed by atoms with Gasteiger partial charge in [-0.2, -0.15) is 0 Å². The highest BCUT2D eigenvalue weighted by Gasteiger charge is 2.19. The smallest absolute Gasteiger partial charge is 0.102 e. The number of nitrogens with two attached hydrogens (primary N) is 1. The van der Waals surface area contributed by atoms with Gasteiger partial charge in [0.25, 0.3) is 0 Å². The highest BCUT2D eigenvalue weighted by molar-refractivity contribution is 6.34. The van der Waals surface area contributed by atoms with E-state index in [0.717, 1.165) is 0 Å². The molecule has 0 saturated heterocycles. The number of rotatable bonds is 2. The first-order valence-electron chi connectivity index (χ1n) is 5.05. The fourth-order valence-electron chi connectivity index (χ4n) is 1.34. The Morgan fingerprint density at radius 2 is 2.00 bits per heavy atom. The predicted octanol–water partition coefficient (Wildman–Crippen LogP) is 2.77. The first kappa shape index (κ1) is 12.4. The Bertz CT molecular complexity index is 543. The van der Waals surface area contributed by atoms with Gasteiger partial charge in [0.1, 0.15) is 5.69 Å². The van der Waals surface area contributed by atoms with Crippen molar-refractivity contribution in [2.75, 3.05) is 0 Å². The van der Waals surface area contributed by atoms with Crippen molar-refractivity contribution >= 4 is 23.2 Å². The minimum absolute atomic E-state index is 0.538. The molecule has 17 heavy (non-hydrogen) atoms. The summed E-state index contributed by atoms with van der Waals surface area (Å²) in [6, 6.07) is 5.16. The van der Waals surface area contributed by atoms with Crippen LogP contribution in [-0.2, 0) is 5.54 Å². The Kier molecular flexibility index (Phi) is 3.12. The summed E-state index contributed by atoms with van der Waals surface area (Å²) >= 11 is 12.0. The second kappa shape index (κ2) is 4.29. The van der Waals surface area contributed by atoms with E-state index in [1.54, 1.807) is 29.1 Å². The summed E-state index contributed by atoms with van der Waals surface area (Å²) < 4.78 is 1.57. The van der Waals surface area contributed by atoms with E-state index >= 15 is 0 Å². The van der Waals surface area contributed by atoms with Crippen molar-refractivity contribution in [1.29, 1.82) is 0 Å². The van der Waals surface area contributed by atoms with Gasteiger partial charge in [-0.15, -0.1) is 5.10 Å². The summed E-state index contributed by atoms with van der Waals surface area (Å²) in [6.07, 6.45) is 1.75. The van der Waals surface area contributed by atoms with Crippen molar-refractivity contribution in [2.24, 2.45) is 5.73 Å². The Labute approximate surface area is 109 Å². The van der Waals surface area contributed by atoms with E-state index in [2.05, 4.69) is 10.3 Å². The fourth-order valence-corrected chi connectivity index (χ4v) is 1.71. The molecule has 0 aliphatic heterocycles. The van der Waals surface area contributed by atoms with Gasteiger partial charge >= 0.3 is 0 Å². The average Bonchev–Trinajstić information content (AvgIpc) is 2.70. The van der Waals surface area contributed by atoms with Gasteiger partial charge < -0.3 is 5.73 Å². The molecular formula is C11H12Cl2N4. The third-order valence-corrected chi connectivity index (χ3v) is 2.86. The van der Waals surface area contributed by atoms with Crippen molar-refractivity contribution in [3.63, 3.8) is 0 Å². The van der Waals surface area contributed by atoms with Gasteiger partial charge in [0, 0.05) is 5.02 Å². The number of hydrogen-bond donors (Lipinski definition) is 1. The zero-order valence-electron chi connectivity index (χ0n) is 9.48. The van der Waals surface area contributed by atoms with Crippen LogP contribution in [0.3, 0.4) is 0 Å². The van der Waals surface area contributed by atoms with Gasteiger partial charge in [0.2, 0.25) is 0 Å². The van der Waals surface area contributed by atoms with Crippen LogP contribution in [0.4, 0.5) is 0 Å². The molecule has 4 nitrogen and oxygen atoms in total. The summed E-state index contributed by atoms with van der Waals surface area (Å²) in [5.41, 5.74) is 6.77. The fraction of sp³-hybridized carbons (Fsp3) is 0.273. The van der Waals surface area contributed by atoms with Crippen LogP contribution < -0.4 is 5.73 Å². The molecule has 0 atom stereocenters.